The third-order valence-electron chi connectivity index (χ3n) is 9.59. The highest BCUT2D eigenvalue weighted by Gasteiger charge is 2.31. The lowest BCUT2D eigenvalue weighted by atomic mass is 10.0. The van der Waals surface area contributed by atoms with Gasteiger partial charge in [0.05, 0.1) is 30.4 Å². The zero-order valence-electron chi connectivity index (χ0n) is 31.5. The molecule has 0 spiro atoms. The molecular weight excluding hydrogens is 683 g/mol. The molecule has 3 amide bonds. The first-order valence-corrected chi connectivity index (χ1v) is 18.7. The van der Waals surface area contributed by atoms with Crippen molar-refractivity contribution < 1.29 is 29.0 Å². The van der Waals surface area contributed by atoms with Crippen molar-refractivity contribution in [2.45, 2.75) is 71.1 Å². The van der Waals surface area contributed by atoms with Crippen molar-refractivity contribution in [1.82, 2.24) is 9.80 Å². The summed E-state index contributed by atoms with van der Waals surface area (Å²) in [6.07, 6.45) is 2.46. The zero-order chi connectivity index (χ0) is 38.5. The Labute approximate surface area is 318 Å². The Kier molecular flexibility index (Phi) is 14.5. The molecule has 4 aromatic rings. The van der Waals surface area contributed by atoms with E-state index < -0.39 is 0 Å². The van der Waals surface area contributed by atoms with E-state index in [1.165, 1.54) is 0 Å². The van der Waals surface area contributed by atoms with Gasteiger partial charge in [0.2, 0.25) is 17.7 Å². The van der Waals surface area contributed by atoms with Crippen LogP contribution in [0, 0.1) is 5.92 Å². The molecule has 54 heavy (non-hydrogen) atoms. The van der Waals surface area contributed by atoms with Gasteiger partial charge in [-0.15, -0.1) is 0 Å². The molecule has 3 atom stereocenters. The number of amides is 3. The monoisotopic (exact) mass is 735 g/mol. The van der Waals surface area contributed by atoms with Crippen molar-refractivity contribution in [3.63, 3.8) is 0 Å². The summed E-state index contributed by atoms with van der Waals surface area (Å²) in [6.45, 7) is 5.48. The van der Waals surface area contributed by atoms with Crippen LogP contribution in [0.2, 0.25) is 0 Å². The molecule has 0 aliphatic carbocycles. The fraction of sp³-hybridized carbons (Fsp3) is 0.372. The lowest BCUT2D eigenvalue weighted by Gasteiger charge is -2.34. The van der Waals surface area contributed by atoms with Gasteiger partial charge in [0.15, 0.2) is 0 Å². The average Bonchev–Trinajstić information content (AvgIpc) is 3.20. The number of nitrogens with two attached hydrogens (primary N) is 1. The minimum atomic E-state index is -0.359. The minimum absolute atomic E-state index is 0.0417. The van der Waals surface area contributed by atoms with Gasteiger partial charge in [-0.25, -0.2) is 0 Å². The number of unbranched alkanes of at least 4 members (excludes halogenated alkanes) is 2. The number of nitrogen functional groups attached to an aromatic ring is 1. The largest absolute Gasteiger partial charge is 0.488 e. The van der Waals surface area contributed by atoms with Crippen molar-refractivity contribution in [3.05, 3.63) is 108 Å². The quantitative estimate of drug-likeness (QED) is 0.0721. The number of likely N-dealkylation sites (N-methyl/N-ethyl adjacent to an activating group) is 1. The molecule has 11 heteroatoms. The topological polar surface area (TPSA) is 146 Å². The number of carbonyl (C=O) groups excluding carboxylic acids is 3. The summed E-state index contributed by atoms with van der Waals surface area (Å²) in [6, 6.07) is 29.9. The Morgan fingerprint density at radius 2 is 1.59 bits per heavy atom. The van der Waals surface area contributed by atoms with Gasteiger partial charge in [-0.1, -0.05) is 55.8 Å². The van der Waals surface area contributed by atoms with Crippen LogP contribution in [-0.2, 0) is 27.3 Å². The first-order valence-electron chi connectivity index (χ1n) is 18.7. The van der Waals surface area contributed by atoms with Gasteiger partial charge in [-0.3, -0.25) is 19.3 Å². The van der Waals surface area contributed by atoms with E-state index in [0.29, 0.717) is 73.7 Å². The van der Waals surface area contributed by atoms with E-state index in [4.69, 9.17) is 15.2 Å². The molecule has 0 aromatic heterocycles. The summed E-state index contributed by atoms with van der Waals surface area (Å²) in [5, 5.41) is 15.8. The lowest BCUT2D eigenvalue weighted by molar-refractivity contribution is -0.134. The fourth-order valence-corrected chi connectivity index (χ4v) is 6.49. The number of para-hydroxylation sites is 3. The van der Waals surface area contributed by atoms with Crippen molar-refractivity contribution in [3.8, 4) is 17.2 Å². The van der Waals surface area contributed by atoms with Crippen molar-refractivity contribution in [2.24, 2.45) is 5.92 Å². The van der Waals surface area contributed by atoms with E-state index in [2.05, 4.69) is 34.6 Å². The predicted octanol–water partition coefficient (Wildman–Crippen LogP) is 6.87. The maximum atomic E-state index is 13.7. The Hall–Kier alpha value is -5.39. The molecule has 0 fully saturated rings. The van der Waals surface area contributed by atoms with Crippen LogP contribution >= 0.6 is 0 Å². The van der Waals surface area contributed by atoms with Crippen molar-refractivity contribution >= 4 is 34.8 Å². The average molecular weight is 736 g/mol. The Balaban J connectivity index is 1.18. The Bertz CT molecular complexity index is 1840. The normalized spacial score (nSPS) is 16.3. The highest BCUT2D eigenvalue weighted by molar-refractivity contribution is 5.94. The first-order chi connectivity index (χ1) is 26.1. The maximum Gasteiger partial charge on any atom is 0.227 e. The van der Waals surface area contributed by atoms with Crippen LogP contribution in [0.15, 0.2) is 97.1 Å². The van der Waals surface area contributed by atoms with Crippen LogP contribution in [0.4, 0.5) is 17.1 Å². The molecule has 4 aromatic carbocycles. The number of benzene rings is 4. The van der Waals surface area contributed by atoms with E-state index >= 15 is 0 Å². The fourth-order valence-electron chi connectivity index (χ4n) is 6.49. The molecule has 11 nitrogen and oxygen atoms in total. The maximum absolute atomic E-state index is 13.7. The van der Waals surface area contributed by atoms with Crippen LogP contribution in [-0.4, -0.2) is 71.5 Å². The number of nitrogens with zero attached hydrogens (tertiary/aromatic N) is 2. The second-order valence-corrected chi connectivity index (χ2v) is 14.2. The predicted molar refractivity (Wildman–Crippen MR) is 212 cm³/mol. The molecule has 286 valence electrons. The Morgan fingerprint density at radius 1 is 0.926 bits per heavy atom. The molecule has 0 saturated heterocycles. The lowest BCUT2D eigenvalue weighted by Crippen LogP contribution is -2.47. The first kappa shape index (κ1) is 39.8. The van der Waals surface area contributed by atoms with Crippen LogP contribution in [0.5, 0.6) is 17.2 Å². The number of aliphatic hydroxyl groups is 1. The molecule has 0 unspecified atom stereocenters. The second kappa shape index (κ2) is 19.6. The molecule has 5 rings (SSSR count). The van der Waals surface area contributed by atoms with Crippen LogP contribution in [0.3, 0.4) is 0 Å². The molecule has 1 aliphatic rings. The van der Waals surface area contributed by atoms with Gasteiger partial charge in [-0.2, -0.15) is 0 Å². The summed E-state index contributed by atoms with van der Waals surface area (Å²) in [5.41, 5.74) is 9.40. The van der Waals surface area contributed by atoms with E-state index in [1.807, 2.05) is 80.7 Å². The summed E-state index contributed by atoms with van der Waals surface area (Å²) in [4.78, 5) is 42.8. The van der Waals surface area contributed by atoms with Gasteiger partial charge in [0.25, 0.3) is 0 Å². The van der Waals surface area contributed by atoms with Crippen LogP contribution in [0.25, 0.3) is 0 Å². The van der Waals surface area contributed by atoms with Crippen LogP contribution < -0.4 is 25.8 Å². The van der Waals surface area contributed by atoms with Crippen LogP contribution in [0.1, 0.15) is 57.1 Å². The van der Waals surface area contributed by atoms with Gasteiger partial charge in [0.1, 0.15) is 23.4 Å². The standard InChI is InChI=1S/C43H53N5O6/c1-30-26-48(31(2)29-49)43(52)25-33-24-34(45-41(50)16-8-5-9-17-42(51)46-38-15-11-10-14-37(38)44)20-23-39(33)54-40(30)28-47(3)27-32-18-21-36(22-19-32)53-35-12-6-4-7-13-35/h4,6-7,10-15,18-24,30-31,40,49H,5,8-9,16-17,25-29,44H2,1-3H3,(H,45,50)(H,46,51)/t30-,31-,40+/m1/s1. The van der Waals surface area contributed by atoms with Crippen molar-refractivity contribution in [2.75, 3.05) is 43.1 Å². The molecular formula is C43H53N5O6. The number of aliphatic hydroxyl groups excluding tert-OH is 1. The van der Waals surface area contributed by atoms with E-state index in [0.717, 1.165) is 23.5 Å². The number of carbonyl (C=O) groups is 3. The molecule has 0 bridgehead atoms. The highest BCUT2D eigenvalue weighted by Crippen LogP contribution is 2.30. The number of hydrogen-bond donors (Lipinski definition) is 4. The van der Waals surface area contributed by atoms with E-state index in [9.17, 15) is 19.5 Å². The SMILES string of the molecule is C[C@@H]1CN([C@H](C)CO)C(=O)Cc2cc(NC(=O)CCCCCC(=O)Nc3ccccc3N)ccc2O[C@H]1CN(C)Cc1ccc(Oc2ccccc2)cc1. The number of hydrogen-bond acceptors (Lipinski definition) is 8. The number of ether oxygens (including phenoxy) is 2. The molecule has 0 radical (unpaired) electrons. The van der Waals surface area contributed by atoms with Gasteiger partial charge in [0, 0.05) is 49.6 Å². The smallest absolute Gasteiger partial charge is 0.227 e. The molecule has 0 saturated carbocycles. The molecule has 1 heterocycles. The zero-order valence-corrected chi connectivity index (χ0v) is 31.5. The minimum Gasteiger partial charge on any atom is -0.488 e. The summed E-state index contributed by atoms with van der Waals surface area (Å²) in [7, 11) is 2.05. The molecule has 1 aliphatic heterocycles. The Morgan fingerprint density at radius 3 is 2.30 bits per heavy atom. The highest BCUT2D eigenvalue weighted by atomic mass is 16.5. The second-order valence-electron chi connectivity index (χ2n) is 14.2. The van der Waals surface area contributed by atoms with Gasteiger partial charge < -0.3 is 35.8 Å². The number of rotatable bonds is 16. The van der Waals surface area contributed by atoms with E-state index in [1.54, 1.807) is 23.1 Å². The van der Waals surface area contributed by atoms with Gasteiger partial charge >= 0.3 is 0 Å². The third-order valence-corrected chi connectivity index (χ3v) is 9.59. The number of nitrogens with one attached hydrogen (secondary N) is 2. The van der Waals surface area contributed by atoms with Gasteiger partial charge in [-0.05, 0) is 87.0 Å². The summed E-state index contributed by atoms with van der Waals surface area (Å²) >= 11 is 0. The third kappa shape index (κ3) is 11.8. The summed E-state index contributed by atoms with van der Waals surface area (Å²) < 4.78 is 12.6. The molecule has 5 N–H and O–H groups in total. The van der Waals surface area contributed by atoms with E-state index in [-0.39, 0.29) is 48.8 Å². The number of fused-ring (bicyclic) bond motifs is 1. The van der Waals surface area contributed by atoms with Crippen molar-refractivity contribution in [1.29, 1.82) is 0 Å². The number of anilines is 3. The summed E-state index contributed by atoms with van der Waals surface area (Å²) in [5.74, 6) is 1.75.